The number of likely N-dealkylation sites (tertiary alicyclic amines) is 1. The molecule has 10 heteroatoms. The van der Waals surface area contributed by atoms with Gasteiger partial charge in [0.05, 0.1) is 27.0 Å². The van der Waals surface area contributed by atoms with Gasteiger partial charge in [-0.25, -0.2) is 4.98 Å². The average Bonchev–Trinajstić information content (AvgIpc) is 3.22. The number of carbonyl (C=O) groups is 1. The minimum atomic E-state index is -0.476. The normalized spacial score (nSPS) is 15.9. The highest BCUT2D eigenvalue weighted by Gasteiger charge is 2.24. The Bertz CT molecular complexity index is 1000. The highest BCUT2D eigenvalue weighted by molar-refractivity contribution is 8.00. The van der Waals surface area contributed by atoms with Gasteiger partial charge in [-0.3, -0.25) is 24.3 Å². The second kappa shape index (κ2) is 8.58. The molecule has 0 spiro atoms. The van der Waals surface area contributed by atoms with E-state index < -0.39 is 4.92 Å². The van der Waals surface area contributed by atoms with Crippen molar-refractivity contribution >= 4 is 35.1 Å². The lowest BCUT2D eigenvalue weighted by Gasteiger charge is -2.26. The number of hydrogen-bond acceptors (Lipinski definition) is 7. The van der Waals surface area contributed by atoms with E-state index in [1.165, 1.54) is 40.2 Å². The van der Waals surface area contributed by atoms with Crippen LogP contribution in [0.2, 0.25) is 0 Å². The fourth-order valence-electron chi connectivity index (χ4n) is 3.50. The van der Waals surface area contributed by atoms with Crippen LogP contribution in [0.4, 0.5) is 5.69 Å². The molecule has 0 unspecified atom stereocenters. The lowest BCUT2D eigenvalue weighted by molar-refractivity contribution is -0.384. The number of nitrogens with zero attached hydrogens (tertiary/aromatic N) is 4. The van der Waals surface area contributed by atoms with E-state index >= 15 is 0 Å². The SMILES string of the molecule is O=C(CSc1nc2c(c(=O)n1-c1ccc([N+](=O)[O-])cc1)SCC2)N1CCCCC1. The molecular weight excluding hydrogens is 412 g/mol. The van der Waals surface area contributed by atoms with Gasteiger partial charge in [0.1, 0.15) is 0 Å². The lowest BCUT2D eigenvalue weighted by atomic mass is 10.1. The van der Waals surface area contributed by atoms with Crippen LogP contribution in [0.5, 0.6) is 0 Å². The Morgan fingerprint density at radius 1 is 1.21 bits per heavy atom. The third-order valence-electron chi connectivity index (χ3n) is 5.02. The smallest absolute Gasteiger partial charge is 0.272 e. The third-order valence-corrected chi connectivity index (χ3v) is 7.05. The molecule has 2 aliphatic rings. The van der Waals surface area contributed by atoms with Crippen LogP contribution < -0.4 is 5.56 Å². The monoisotopic (exact) mass is 432 g/mol. The van der Waals surface area contributed by atoms with Gasteiger partial charge in [0.25, 0.3) is 11.2 Å². The molecule has 1 aromatic heterocycles. The average molecular weight is 433 g/mol. The summed E-state index contributed by atoms with van der Waals surface area (Å²) >= 11 is 2.73. The zero-order valence-electron chi connectivity index (χ0n) is 15.7. The summed E-state index contributed by atoms with van der Waals surface area (Å²) in [4.78, 5) is 43.3. The van der Waals surface area contributed by atoms with Gasteiger partial charge < -0.3 is 4.90 Å². The van der Waals surface area contributed by atoms with Crippen molar-refractivity contribution in [2.24, 2.45) is 0 Å². The van der Waals surface area contributed by atoms with E-state index in [1.807, 2.05) is 4.90 Å². The lowest BCUT2D eigenvalue weighted by Crippen LogP contribution is -2.37. The molecular formula is C19H20N4O4S2. The molecule has 2 aromatic rings. The zero-order valence-corrected chi connectivity index (χ0v) is 17.3. The van der Waals surface area contributed by atoms with Gasteiger partial charge in [0.2, 0.25) is 5.91 Å². The number of non-ortho nitro benzene ring substituents is 1. The van der Waals surface area contributed by atoms with Crippen LogP contribution in [-0.2, 0) is 11.2 Å². The van der Waals surface area contributed by atoms with Crippen LogP contribution in [0.15, 0.2) is 39.1 Å². The molecule has 1 fully saturated rings. The van der Waals surface area contributed by atoms with Crippen molar-refractivity contribution in [3.8, 4) is 5.69 Å². The molecule has 1 saturated heterocycles. The molecule has 0 atom stereocenters. The molecule has 0 N–H and O–H groups in total. The van der Waals surface area contributed by atoms with E-state index in [0.717, 1.165) is 50.2 Å². The molecule has 1 amide bonds. The summed E-state index contributed by atoms with van der Waals surface area (Å²) in [6.07, 6.45) is 3.93. The van der Waals surface area contributed by atoms with E-state index in [9.17, 15) is 19.7 Å². The number of nitro benzene ring substituents is 1. The summed E-state index contributed by atoms with van der Waals surface area (Å²) in [5.41, 5.74) is 1.06. The van der Waals surface area contributed by atoms with Crippen LogP contribution in [0, 0.1) is 10.1 Å². The van der Waals surface area contributed by atoms with E-state index in [1.54, 1.807) is 12.1 Å². The number of rotatable bonds is 5. The maximum Gasteiger partial charge on any atom is 0.272 e. The molecule has 0 radical (unpaired) electrons. The Morgan fingerprint density at radius 3 is 2.62 bits per heavy atom. The minimum Gasteiger partial charge on any atom is -0.342 e. The molecule has 29 heavy (non-hydrogen) atoms. The second-order valence-electron chi connectivity index (χ2n) is 6.91. The maximum atomic E-state index is 13.1. The van der Waals surface area contributed by atoms with Gasteiger partial charge in [0.15, 0.2) is 5.16 Å². The number of piperidine rings is 1. The molecule has 0 aliphatic carbocycles. The number of nitro groups is 1. The van der Waals surface area contributed by atoms with Crippen LogP contribution >= 0.6 is 23.5 Å². The van der Waals surface area contributed by atoms with Gasteiger partial charge >= 0.3 is 0 Å². The molecule has 8 nitrogen and oxygen atoms in total. The van der Waals surface area contributed by atoms with Crippen LogP contribution in [0.25, 0.3) is 5.69 Å². The maximum absolute atomic E-state index is 13.1. The number of hydrogen-bond donors (Lipinski definition) is 0. The third kappa shape index (κ3) is 4.18. The van der Waals surface area contributed by atoms with Gasteiger partial charge in [-0.2, -0.15) is 0 Å². The van der Waals surface area contributed by atoms with Crippen LogP contribution in [-0.4, -0.2) is 49.9 Å². The summed E-state index contributed by atoms with van der Waals surface area (Å²) in [5.74, 6) is 1.07. The van der Waals surface area contributed by atoms with Gasteiger partial charge in [0, 0.05) is 37.4 Å². The molecule has 2 aliphatic heterocycles. The number of fused-ring (bicyclic) bond motifs is 1. The fraction of sp³-hybridized carbons (Fsp3) is 0.421. The van der Waals surface area contributed by atoms with Crippen molar-refractivity contribution in [1.82, 2.24) is 14.5 Å². The van der Waals surface area contributed by atoms with Crippen molar-refractivity contribution in [3.05, 3.63) is 50.4 Å². The molecule has 3 heterocycles. The Morgan fingerprint density at radius 2 is 1.93 bits per heavy atom. The van der Waals surface area contributed by atoms with Crippen molar-refractivity contribution in [2.45, 2.75) is 35.7 Å². The Balaban J connectivity index is 1.65. The largest absolute Gasteiger partial charge is 0.342 e. The number of thioether (sulfide) groups is 2. The van der Waals surface area contributed by atoms with E-state index in [2.05, 4.69) is 4.98 Å². The van der Waals surface area contributed by atoms with E-state index in [4.69, 9.17) is 0 Å². The zero-order chi connectivity index (χ0) is 20.4. The predicted octanol–water partition coefficient (Wildman–Crippen LogP) is 2.89. The van der Waals surface area contributed by atoms with Crippen LogP contribution in [0.3, 0.4) is 0 Å². The molecule has 0 bridgehead atoms. The minimum absolute atomic E-state index is 0.0419. The molecule has 0 saturated carbocycles. The molecule has 1 aromatic carbocycles. The van der Waals surface area contributed by atoms with Crippen molar-refractivity contribution < 1.29 is 9.72 Å². The highest BCUT2D eigenvalue weighted by atomic mass is 32.2. The number of carbonyl (C=O) groups excluding carboxylic acids is 1. The van der Waals surface area contributed by atoms with Gasteiger partial charge in [-0.1, -0.05) is 11.8 Å². The summed E-state index contributed by atoms with van der Waals surface area (Å²) in [5, 5.41) is 11.4. The predicted molar refractivity (Wildman–Crippen MR) is 112 cm³/mol. The first-order chi connectivity index (χ1) is 14.0. The van der Waals surface area contributed by atoms with Gasteiger partial charge in [-0.15, -0.1) is 11.8 Å². The van der Waals surface area contributed by atoms with E-state index in [0.29, 0.717) is 15.7 Å². The number of aryl methyl sites for hydroxylation is 1. The molecule has 152 valence electrons. The Labute approximate surface area is 175 Å². The summed E-state index contributed by atoms with van der Waals surface area (Å²) in [7, 11) is 0. The first kappa shape index (κ1) is 20.0. The number of amides is 1. The first-order valence-electron chi connectivity index (χ1n) is 9.49. The fourth-order valence-corrected chi connectivity index (χ4v) is 5.46. The standard InChI is InChI=1S/C19H20N4O4S2/c24-16(21-9-2-1-3-10-21)12-29-19-20-15-8-11-28-17(15)18(25)22(19)13-4-6-14(7-5-13)23(26)27/h4-7H,1-3,8-12H2. The first-order valence-corrected chi connectivity index (χ1v) is 11.5. The summed E-state index contributed by atoms with van der Waals surface area (Å²) in [6, 6.07) is 5.83. The Hall–Kier alpha value is -2.33. The summed E-state index contributed by atoms with van der Waals surface area (Å²) in [6.45, 7) is 1.56. The highest BCUT2D eigenvalue weighted by Crippen LogP contribution is 2.30. The number of aromatic nitrogens is 2. The molecule has 4 rings (SSSR count). The number of benzene rings is 1. The topological polar surface area (TPSA) is 98.3 Å². The van der Waals surface area contributed by atoms with Crippen molar-refractivity contribution in [3.63, 3.8) is 0 Å². The van der Waals surface area contributed by atoms with Crippen molar-refractivity contribution in [1.29, 1.82) is 0 Å². The van der Waals surface area contributed by atoms with E-state index in [-0.39, 0.29) is 22.9 Å². The Kier molecular flexibility index (Phi) is 5.91. The summed E-state index contributed by atoms with van der Waals surface area (Å²) < 4.78 is 1.47. The van der Waals surface area contributed by atoms with Gasteiger partial charge in [-0.05, 0) is 31.4 Å². The quantitative estimate of drug-likeness (QED) is 0.310. The second-order valence-corrected chi connectivity index (χ2v) is 8.96. The van der Waals surface area contributed by atoms with Crippen molar-refractivity contribution in [2.75, 3.05) is 24.6 Å². The van der Waals surface area contributed by atoms with Crippen LogP contribution in [0.1, 0.15) is 25.0 Å².